The molecule has 2 N–H and O–H groups in total. The van der Waals surface area contributed by atoms with E-state index in [4.69, 9.17) is 5.73 Å². The van der Waals surface area contributed by atoms with Crippen molar-refractivity contribution in [3.05, 3.63) is 38.4 Å². The average molecular weight is 333 g/mol. The predicted octanol–water partition coefficient (Wildman–Crippen LogP) is 1.74. The van der Waals surface area contributed by atoms with E-state index in [0.717, 1.165) is 27.7 Å². The molecule has 0 saturated heterocycles. The molecule has 0 radical (unpaired) electrons. The van der Waals surface area contributed by atoms with E-state index in [9.17, 15) is 25.0 Å². The molecular formula is C10H11N3O6S2. The first-order chi connectivity index (χ1) is 9.86. The standard InChI is InChI=1S/C10H11N3O6S2/c1-19-10(14)7(11)5-20-21-9-3-2-6(12(15)16)4-8(9)13(17)18/h2-4,7H,5,11H2,1H3/t7-/m0/s1. The van der Waals surface area contributed by atoms with Gasteiger partial charge in [-0.25, -0.2) is 0 Å². The van der Waals surface area contributed by atoms with Crippen molar-refractivity contribution in [2.75, 3.05) is 12.9 Å². The molecular weight excluding hydrogens is 322 g/mol. The van der Waals surface area contributed by atoms with E-state index in [0.29, 0.717) is 0 Å². The van der Waals surface area contributed by atoms with Crippen LogP contribution in [0.25, 0.3) is 0 Å². The van der Waals surface area contributed by atoms with Crippen LogP contribution in [0.5, 0.6) is 0 Å². The van der Waals surface area contributed by atoms with Crippen LogP contribution in [0.1, 0.15) is 0 Å². The molecule has 0 fully saturated rings. The summed E-state index contributed by atoms with van der Waals surface area (Å²) in [4.78, 5) is 31.4. The summed E-state index contributed by atoms with van der Waals surface area (Å²) in [7, 11) is 3.35. The number of nitro benzene ring substituents is 2. The van der Waals surface area contributed by atoms with Crippen molar-refractivity contribution in [3.8, 4) is 0 Å². The van der Waals surface area contributed by atoms with Crippen molar-refractivity contribution < 1.29 is 19.4 Å². The first kappa shape index (κ1) is 17.2. The largest absolute Gasteiger partial charge is 0.468 e. The van der Waals surface area contributed by atoms with Crippen molar-refractivity contribution in [2.45, 2.75) is 10.9 Å². The summed E-state index contributed by atoms with van der Waals surface area (Å²) < 4.78 is 4.45. The number of carbonyl (C=O) groups is 1. The highest BCUT2D eigenvalue weighted by molar-refractivity contribution is 8.76. The van der Waals surface area contributed by atoms with E-state index in [-0.39, 0.29) is 22.0 Å². The molecule has 9 nitrogen and oxygen atoms in total. The topological polar surface area (TPSA) is 139 Å². The van der Waals surface area contributed by atoms with Crippen LogP contribution in [0.15, 0.2) is 23.1 Å². The molecule has 1 aromatic carbocycles. The van der Waals surface area contributed by atoms with Gasteiger partial charge in [-0.2, -0.15) is 0 Å². The van der Waals surface area contributed by atoms with Crippen LogP contribution in [-0.2, 0) is 9.53 Å². The highest BCUT2D eigenvalue weighted by atomic mass is 33.1. The van der Waals surface area contributed by atoms with Crippen LogP contribution in [0.4, 0.5) is 11.4 Å². The van der Waals surface area contributed by atoms with E-state index in [1.54, 1.807) is 0 Å². The number of benzene rings is 1. The average Bonchev–Trinajstić information content (AvgIpc) is 2.45. The van der Waals surface area contributed by atoms with E-state index < -0.39 is 21.9 Å². The van der Waals surface area contributed by atoms with Crippen molar-refractivity contribution in [1.29, 1.82) is 0 Å². The van der Waals surface area contributed by atoms with Crippen LogP contribution in [0, 0.1) is 20.2 Å². The fourth-order valence-corrected chi connectivity index (χ4v) is 3.49. The number of hydrogen-bond acceptors (Lipinski definition) is 9. The van der Waals surface area contributed by atoms with Gasteiger partial charge in [-0.1, -0.05) is 21.6 Å². The summed E-state index contributed by atoms with van der Waals surface area (Å²) >= 11 is 0. The lowest BCUT2D eigenvalue weighted by Crippen LogP contribution is -2.33. The Kier molecular flexibility index (Phi) is 6.39. The van der Waals surface area contributed by atoms with E-state index in [1.807, 2.05) is 0 Å². The Morgan fingerprint density at radius 3 is 2.57 bits per heavy atom. The van der Waals surface area contributed by atoms with Gasteiger partial charge in [-0.05, 0) is 6.07 Å². The van der Waals surface area contributed by atoms with E-state index in [1.165, 1.54) is 19.2 Å². The Morgan fingerprint density at radius 1 is 1.38 bits per heavy atom. The van der Waals surface area contributed by atoms with Crippen LogP contribution in [0.2, 0.25) is 0 Å². The maximum Gasteiger partial charge on any atom is 0.323 e. The van der Waals surface area contributed by atoms with Crippen molar-refractivity contribution >= 4 is 38.9 Å². The number of nitrogens with two attached hydrogens (primary N) is 1. The van der Waals surface area contributed by atoms with Gasteiger partial charge in [0.05, 0.1) is 27.9 Å². The zero-order chi connectivity index (χ0) is 16.0. The summed E-state index contributed by atoms with van der Waals surface area (Å²) in [6.07, 6.45) is 0. The lowest BCUT2D eigenvalue weighted by atomic mass is 10.3. The number of nitrogens with zero attached hydrogens (tertiary/aromatic N) is 2. The molecule has 0 aliphatic carbocycles. The monoisotopic (exact) mass is 333 g/mol. The number of esters is 1. The Morgan fingerprint density at radius 2 is 2.05 bits per heavy atom. The molecule has 0 aromatic heterocycles. The fourth-order valence-electron chi connectivity index (χ4n) is 1.22. The molecule has 11 heteroatoms. The molecule has 0 heterocycles. The van der Waals surface area contributed by atoms with Gasteiger partial charge in [0, 0.05) is 11.8 Å². The predicted molar refractivity (Wildman–Crippen MR) is 78.1 cm³/mol. The Labute approximate surface area is 126 Å². The molecule has 0 bridgehead atoms. The molecule has 1 rings (SSSR count). The molecule has 1 aromatic rings. The maximum atomic E-state index is 11.1. The number of ether oxygens (including phenoxy) is 1. The molecule has 21 heavy (non-hydrogen) atoms. The van der Waals surface area contributed by atoms with Gasteiger partial charge in [-0.3, -0.25) is 25.0 Å². The second-order valence-corrected chi connectivity index (χ2v) is 6.05. The number of rotatable bonds is 7. The minimum Gasteiger partial charge on any atom is -0.468 e. The first-order valence-corrected chi connectivity index (χ1v) is 7.74. The zero-order valence-corrected chi connectivity index (χ0v) is 12.4. The normalized spacial score (nSPS) is 11.7. The first-order valence-electron chi connectivity index (χ1n) is 5.42. The Hall–Kier alpha value is -1.85. The van der Waals surface area contributed by atoms with E-state index in [2.05, 4.69) is 4.74 Å². The van der Waals surface area contributed by atoms with Crippen molar-refractivity contribution in [1.82, 2.24) is 0 Å². The third kappa shape index (κ3) is 4.88. The summed E-state index contributed by atoms with van der Waals surface area (Å²) in [5.41, 5.74) is 4.80. The fraction of sp³-hybridized carbons (Fsp3) is 0.300. The SMILES string of the molecule is COC(=O)[C@@H](N)CSSc1ccc([N+](=O)[O-])cc1[N+](=O)[O-]. The molecule has 0 saturated carbocycles. The lowest BCUT2D eigenvalue weighted by molar-refractivity contribution is -0.396. The summed E-state index contributed by atoms with van der Waals surface area (Å²) in [6.45, 7) is 0. The van der Waals surface area contributed by atoms with Gasteiger partial charge < -0.3 is 10.5 Å². The third-order valence-corrected chi connectivity index (χ3v) is 4.69. The molecule has 114 valence electrons. The van der Waals surface area contributed by atoms with Crippen LogP contribution < -0.4 is 5.73 Å². The Bertz CT molecular complexity index is 568. The van der Waals surface area contributed by atoms with E-state index >= 15 is 0 Å². The second kappa shape index (κ2) is 7.81. The number of carbonyl (C=O) groups excluding carboxylic acids is 1. The second-order valence-electron chi connectivity index (χ2n) is 3.66. The van der Waals surface area contributed by atoms with Gasteiger partial charge in [0.2, 0.25) is 0 Å². The minimum absolute atomic E-state index is 0.186. The highest BCUT2D eigenvalue weighted by Gasteiger charge is 2.21. The summed E-state index contributed by atoms with van der Waals surface area (Å²) in [5, 5.41) is 21.5. The third-order valence-electron chi connectivity index (χ3n) is 2.25. The van der Waals surface area contributed by atoms with Crippen LogP contribution in [0.3, 0.4) is 0 Å². The smallest absolute Gasteiger partial charge is 0.323 e. The number of nitro groups is 2. The van der Waals surface area contributed by atoms with Gasteiger partial charge in [0.1, 0.15) is 6.04 Å². The maximum absolute atomic E-state index is 11.1. The minimum atomic E-state index is -0.843. The molecule has 0 aliphatic heterocycles. The number of hydrogen-bond donors (Lipinski definition) is 1. The highest BCUT2D eigenvalue weighted by Crippen LogP contribution is 2.39. The van der Waals surface area contributed by atoms with Crippen LogP contribution in [-0.4, -0.2) is 34.7 Å². The van der Waals surface area contributed by atoms with Crippen molar-refractivity contribution in [2.24, 2.45) is 5.73 Å². The number of methoxy groups -OCH3 is 1. The molecule has 0 spiro atoms. The quantitative estimate of drug-likeness (QED) is 0.342. The van der Waals surface area contributed by atoms with Gasteiger partial charge in [0.25, 0.3) is 11.4 Å². The molecule has 0 aliphatic rings. The Balaban J connectivity index is 2.77. The molecule has 1 atom stereocenters. The molecule has 0 amide bonds. The van der Waals surface area contributed by atoms with Crippen LogP contribution >= 0.6 is 21.6 Å². The number of non-ortho nitro benzene ring substituents is 1. The van der Waals surface area contributed by atoms with Gasteiger partial charge in [0.15, 0.2) is 0 Å². The summed E-state index contributed by atoms with van der Waals surface area (Å²) in [6, 6.07) is 2.52. The zero-order valence-electron chi connectivity index (χ0n) is 10.8. The van der Waals surface area contributed by atoms with Gasteiger partial charge in [-0.15, -0.1) is 0 Å². The van der Waals surface area contributed by atoms with Gasteiger partial charge >= 0.3 is 5.97 Å². The lowest BCUT2D eigenvalue weighted by Gasteiger charge is -2.08. The summed E-state index contributed by atoms with van der Waals surface area (Å²) in [5.74, 6) is -0.396. The van der Waals surface area contributed by atoms with Crippen molar-refractivity contribution in [3.63, 3.8) is 0 Å². The molecule has 0 unspecified atom stereocenters.